The zero-order valence-electron chi connectivity index (χ0n) is 23.9. The van der Waals surface area contributed by atoms with E-state index < -0.39 is 5.97 Å². The maximum absolute atomic E-state index is 14.5. The first-order valence-corrected chi connectivity index (χ1v) is 14.5. The summed E-state index contributed by atoms with van der Waals surface area (Å²) in [6, 6.07) is 23.9. The van der Waals surface area contributed by atoms with E-state index in [4.69, 9.17) is 0 Å². The lowest BCUT2D eigenvalue weighted by atomic mass is 9.78. The first-order valence-electron chi connectivity index (χ1n) is 14.5. The molecule has 2 atom stereocenters. The number of piperidine rings is 2. The summed E-state index contributed by atoms with van der Waals surface area (Å²) < 4.78 is 0. The van der Waals surface area contributed by atoms with Crippen molar-refractivity contribution in [2.45, 2.75) is 70.6 Å². The Morgan fingerprint density at radius 2 is 1.60 bits per heavy atom. The maximum atomic E-state index is 14.5. The van der Waals surface area contributed by atoms with E-state index in [1.165, 1.54) is 0 Å². The second kappa shape index (κ2) is 11.9. The molecule has 210 valence electrons. The van der Waals surface area contributed by atoms with Crippen LogP contribution in [-0.2, 0) is 6.54 Å². The summed E-state index contributed by atoms with van der Waals surface area (Å²) in [5.74, 6) is -0.685. The summed E-state index contributed by atoms with van der Waals surface area (Å²) in [7, 11) is 0. The number of nitrogens with one attached hydrogen (secondary N) is 1. The van der Waals surface area contributed by atoms with Crippen LogP contribution < -0.4 is 10.2 Å². The lowest BCUT2D eigenvalue weighted by Crippen LogP contribution is -2.62. The number of ketones is 1. The van der Waals surface area contributed by atoms with E-state index in [1.54, 1.807) is 12.1 Å². The van der Waals surface area contributed by atoms with Crippen LogP contribution in [0.5, 0.6) is 0 Å². The Labute approximate surface area is 238 Å². The number of aryl methyl sites for hydroxylation is 2. The number of rotatable bonds is 8. The normalized spacial score (nSPS) is 22.1. The molecule has 2 fully saturated rings. The highest BCUT2D eigenvalue weighted by Crippen LogP contribution is 2.39. The fourth-order valence-electron chi connectivity index (χ4n) is 6.73. The molecule has 6 nitrogen and oxygen atoms in total. The van der Waals surface area contributed by atoms with Crippen LogP contribution in [0.25, 0.3) is 0 Å². The van der Waals surface area contributed by atoms with Crippen LogP contribution in [0, 0.1) is 13.8 Å². The van der Waals surface area contributed by atoms with Gasteiger partial charge in [0.2, 0.25) is 0 Å². The van der Waals surface area contributed by atoms with E-state index in [-0.39, 0.29) is 22.9 Å². The van der Waals surface area contributed by atoms with Crippen LogP contribution in [0.3, 0.4) is 0 Å². The summed E-state index contributed by atoms with van der Waals surface area (Å²) in [5.41, 5.74) is 5.13. The van der Waals surface area contributed by atoms with E-state index >= 15 is 0 Å². The molecule has 6 heteroatoms. The van der Waals surface area contributed by atoms with Gasteiger partial charge in [-0.3, -0.25) is 9.69 Å². The van der Waals surface area contributed by atoms with E-state index in [2.05, 4.69) is 46.3 Å². The van der Waals surface area contributed by atoms with Crippen molar-refractivity contribution in [2.24, 2.45) is 0 Å². The van der Waals surface area contributed by atoms with Crippen molar-refractivity contribution in [1.29, 1.82) is 0 Å². The average molecular weight is 540 g/mol. The molecule has 0 bridgehead atoms. The fourth-order valence-corrected chi connectivity index (χ4v) is 6.73. The third-order valence-electron chi connectivity index (χ3n) is 9.01. The van der Waals surface area contributed by atoms with Gasteiger partial charge in [-0.05, 0) is 100 Å². The third kappa shape index (κ3) is 5.84. The number of hydrogen-bond donors (Lipinski definition) is 2. The van der Waals surface area contributed by atoms with Crippen molar-refractivity contribution in [3.63, 3.8) is 0 Å². The van der Waals surface area contributed by atoms with Gasteiger partial charge in [0.15, 0.2) is 5.78 Å². The molecule has 2 unspecified atom stereocenters. The predicted octanol–water partition coefficient (Wildman–Crippen LogP) is 5.87. The summed E-state index contributed by atoms with van der Waals surface area (Å²) in [5, 5.41) is 12.9. The standard InChI is InChI=1S/C34H41N3O3/c1-24-8-7-9-25(2)31(24)32(38)30-22-34(3,18-21-36(30)28-16-19-35-20-17-28)37(29-10-5-4-6-11-29)23-26-12-14-27(15-13-26)33(39)40/h4-15,28,30,35H,16-23H2,1-3H3,(H,39,40). The smallest absolute Gasteiger partial charge is 0.335 e. The maximum Gasteiger partial charge on any atom is 0.335 e. The van der Waals surface area contributed by atoms with Crippen LogP contribution in [0.15, 0.2) is 72.8 Å². The highest BCUT2D eigenvalue weighted by molar-refractivity contribution is 6.02. The molecule has 40 heavy (non-hydrogen) atoms. The Balaban J connectivity index is 1.52. The van der Waals surface area contributed by atoms with Crippen LogP contribution >= 0.6 is 0 Å². The quantitative estimate of drug-likeness (QED) is 0.349. The van der Waals surface area contributed by atoms with Gasteiger partial charge >= 0.3 is 5.97 Å². The van der Waals surface area contributed by atoms with Gasteiger partial charge in [-0.2, -0.15) is 0 Å². The zero-order valence-corrected chi connectivity index (χ0v) is 23.9. The molecule has 0 radical (unpaired) electrons. The molecule has 2 aliphatic rings. The Morgan fingerprint density at radius 1 is 0.950 bits per heavy atom. The van der Waals surface area contributed by atoms with Crippen LogP contribution in [0.1, 0.15) is 70.0 Å². The van der Waals surface area contributed by atoms with E-state index in [9.17, 15) is 14.7 Å². The van der Waals surface area contributed by atoms with Gasteiger partial charge in [0.05, 0.1) is 11.6 Å². The lowest BCUT2D eigenvalue weighted by molar-refractivity contribution is 0.0371. The molecular weight excluding hydrogens is 498 g/mol. The number of hydrogen-bond acceptors (Lipinski definition) is 5. The van der Waals surface area contributed by atoms with Crippen LogP contribution in [0.2, 0.25) is 0 Å². The SMILES string of the molecule is Cc1cccc(C)c1C(=O)C1CC(C)(N(Cc2ccc(C(=O)O)cc2)c2ccccc2)CCN1C1CCNCC1. The molecule has 0 amide bonds. The molecule has 2 saturated heterocycles. The molecule has 0 aromatic heterocycles. The van der Waals surface area contributed by atoms with E-state index in [0.717, 1.165) is 73.3 Å². The second-order valence-electron chi connectivity index (χ2n) is 11.7. The van der Waals surface area contributed by atoms with Gasteiger partial charge in [-0.15, -0.1) is 0 Å². The Kier molecular flexibility index (Phi) is 8.38. The van der Waals surface area contributed by atoms with Crippen LogP contribution in [-0.4, -0.2) is 59.0 Å². The number of anilines is 1. The second-order valence-corrected chi connectivity index (χ2v) is 11.7. The molecule has 2 N–H and O–H groups in total. The molecule has 2 heterocycles. The number of benzene rings is 3. The van der Waals surface area contributed by atoms with Gasteiger partial charge in [0, 0.05) is 35.9 Å². The van der Waals surface area contributed by atoms with Gasteiger partial charge < -0.3 is 15.3 Å². The molecule has 3 aromatic carbocycles. The van der Waals surface area contributed by atoms with Crippen molar-refractivity contribution in [3.05, 3.63) is 101 Å². The minimum absolute atomic E-state index is 0.206. The Hall–Kier alpha value is -3.48. The number of carbonyl (C=O) groups is 2. The summed E-state index contributed by atoms with van der Waals surface area (Å²) in [4.78, 5) is 30.9. The molecular formula is C34H41N3O3. The first kappa shape index (κ1) is 28.1. The Bertz CT molecular complexity index is 1310. The zero-order chi connectivity index (χ0) is 28.3. The summed E-state index contributed by atoms with van der Waals surface area (Å²) in [6.45, 7) is 9.89. The number of carbonyl (C=O) groups excluding carboxylic acids is 1. The molecule has 5 rings (SSSR count). The summed E-state index contributed by atoms with van der Waals surface area (Å²) in [6.07, 6.45) is 3.79. The topological polar surface area (TPSA) is 72.9 Å². The largest absolute Gasteiger partial charge is 0.478 e. The van der Waals surface area contributed by atoms with Crippen molar-refractivity contribution in [1.82, 2.24) is 10.2 Å². The molecule has 3 aromatic rings. The minimum Gasteiger partial charge on any atom is -0.478 e. The number of para-hydroxylation sites is 1. The molecule has 0 aliphatic carbocycles. The first-order chi connectivity index (χ1) is 19.3. The molecule has 0 spiro atoms. The van der Waals surface area contributed by atoms with Crippen molar-refractivity contribution >= 4 is 17.4 Å². The number of nitrogens with zero attached hydrogens (tertiary/aromatic N) is 2. The highest BCUT2D eigenvalue weighted by atomic mass is 16.4. The number of likely N-dealkylation sites (tertiary alicyclic amines) is 1. The van der Waals surface area contributed by atoms with Gasteiger partial charge in [0.1, 0.15) is 0 Å². The van der Waals surface area contributed by atoms with E-state index in [0.29, 0.717) is 12.6 Å². The monoisotopic (exact) mass is 539 g/mol. The molecule has 2 aliphatic heterocycles. The lowest BCUT2D eigenvalue weighted by Gasteiger charge is -2.53. The van der Waals surface area contributed by atoms with Gasteiger partial charge in [0.25, 0.3) is 0 Å². The average Bonchev–Trinajstić information content (AvgIpc) is 2.97. The summed E-state index contributed by atoms with van der Waals surface area (Å²) >= 11 is 0. The van der Waals surface area contributed by atoms with Gasteiger partial charge in [-0.1, -0.05) is 48.5 Å². The van der Waals surface area contributed by atoms with Gasteiger partial charge in [-0.25, -0.2) is 4.79 Å². The molecule has 0 saturated carbocycles. The minimum atomic E-state index is -0.920. The predicted molar refractivity (Wildman–Crippen MR) is 160 cm³/mol. The van der Waals surface area contributed by atoms with Crippen molar-refractivity contribution in [3.8, 4) is 0 Å². The number of aromatic carboxylic acids is 1. The third-order valence-corrected chi connectivity index (χ3v) is 9.01. The fraction of sp³-hybridized carbons (Fsp3) is 0.412. The number of carboxylic acids is 1. The van der Waals surface area contributed by atoms with E-state index in [1.807, 2.05) is 50.2 Å². The van der Waals surface area contributed by atoms with Crippen molar-refractivity contribution < 1.29 is 14.7 Å². The van der Waals surface area contributed by atoms with Crippen molar-refractivity contribution in [2.75, 3.05) is 24.5 Å². The number of carboxylic acid groups (broad SMARTS) is 1. The number of Topliss-reactive ketones (excluding diaryl/α,β-unsaturated/α-hetero) is 1. The van der Waals surface area contributed by atoms with Crippen LogP contribution in [0.4, 0.5) is 5.69 Å². The Morgan fingerprint density at radius 3 is 2.23 bits per heavy atom. The highest BCUT2D eigenvalue weighted by Gasteiger charge is 2.46.